The maximum Gasteiger partial charge on any atom is 0.306 e. The number of esters is 1. The number of nitriles is 1. The third kappa shape index (κ3) is 5.16. The predicted octanol–water partition coefficient (Wildman–Crippen LogP) is 0.894. The van der Waals surface area contributed by atoms with Gasteiger partial charge in [0, 0.05) is 0 Å². The van der Waals surface area contributed by atoms with Gasteiger partial charge in [0.15, 0.2) is 6.61 Å². The van der Waals surface area contributed by atoms with E-state index in [0.717, 1.165) is 0 Å². The van der Waals surface area contributed by atoms with E-state index in [1.54, 1.807) is 18.2 Å². The molecule has 1 aromatic carbocycles. The second-order valence-electron chi connectivity index (χ2n) is 3.69. The Balaban J connectivity index is 2.76. The van der Waals surface area contributed by atoms with Crippen LogP contribution in [0.1, 0.15) is 6.42 Å². The zero-order valence-electron chi connectivity index (χ0n) is 10.8. The number of hydrogen-bond acceptors (Lipinski definition) is 6. The van der Waals surface area contributed by atoms with Crippen LogP contribution in [-0.4, -0.2) is 33.9 Å². The van der Waals surface area contributed by atoms with Crippen molar-refractivity contribution in [1.82, 2.24) is 0 Å². The number of nitrogens with zero attached hydrogens (tertiary/aromatic N) is 1. The van der Waals surface area contributed by atoms with Crippen molar-refractivity contribution in [3.8, 4) is 11.8 Å². The van der Waals surface area contributed by atoms with Crippen LogP contribution in [0.15, 0.2) is 24.3 Å². The first-order valence-corrected chi connectivity index (χ1v) is 7.30. The summed E-state index contributed by atoms with van der Waals surface area (Å²) in [7, 11) is -2.51. The van der Waals surface area contributed by atoms with E-state index in [1.165, 1.54) is 19.2 Å². The Kier molecular flexibility index (Phi) is 5.80. The fourth-order valence-corrected chi connectivity index (χ4v) is 2.37. The van der Waals surface area contributed by atoms with E-state index < -0.39 is 21.7 Å². The zero-order valence-corrected chi connectivity index (χ0v) is 11.6. The molecule has 1 N–H and O–H groups in total. The van der Waals surface area contributed by atoms with E-state index in [0.29, 0.717) is 0 Å². The molecule has 20 heavy (non-hydrogen) atoms. The van der Waals surface area contributed by atoms with Gasteiger partial charge in [-0.1, -0.05) is 12.1 Å². The zero-order chi connectivity index (χ0) is 15.0. The normalized spacial score (nSPS) is 10.4. The summed E-state index contributed by atoms with van der Waals surface area (Å²) in [5, 5.41) is 8.46. The molecule has 1 rings (SSSR count). The van der Waals surface area contributed by atoms with Gasteiger partial charge in [-0.2, -0.15) is 5.26 Å². The number of benzene rings is 1. The molecule has 0 fully saturated rings. The van der Waals surface area contributed by atoms with E-state index in [9.17, 15) is 13.2 Å². The number of carbonyl (C=O) groups excluding carboxylic acids is 1. The van der Waals surface area contributed by atoms with Crippen molar-refractivity contribution in [2.45, 2.75) is 6.42 Å². The Bertz CT molecular complexity index is 607. The summed E-state index contributed by atoms with van der Waals surface area (Å²) in [6.45, 7) is -0.194. The van der Waals surface area contributed by atoms with Crippen LogP contribution in [0.5, 0.6) is 5.75 Å². The summed E-state index contributed by atoms with van der Waals surface area (Å²) in [6, 6.07) is 8.11. The van der Waals surface area contributed by atoms with E-state index in [2.05, 4.69) is 9.46 Å². The van der Waals surface area contributed by atoms with Crippen molar-refractivity contribution >= 4 is 21.7 Å². The third-order valence-electron chi connectivity index (χ3n) is 2.25. The summed E-state index contributed by atoms with van der Waals surface area (Å²) < 4.78 is 35.4. The number of carbonyl (C=O) groups is 1. The van der Waals surface area contributed by atoms with E-state index in [1.807, 2.05) is 0 Å². The summed E-state index contributed by atoms with van der Waals surface area (Å²) in [4.78, 5) is 10.9. The Labute approximate surface area is 117 Å². The highest BCUT2D eigenvalue weighted by Crippen LogP contribution is 2.24. The molecule has 0 aliphatic carbocycles. The molecule has 0 amide bonds. The van der Waals surface area contributed by atoms with Crippen molar-refractivity contribution in [3.63, 3.8) is 0 Å². The van der Waals surface area contributed by atoms with Gasteiger partial charge in [-0.3, -0.25) is 9.52 Å². The maximum absolute atomic E-state index is 11.8. The fourth-order valence-electron chi connectivity index (χ4n) is 1.33. The van der Waals surface area contributed by atoms with E-state index in [4.69, 9.17) is 10.00 Å². The van der Waals surface area contributed by atoms with Crippen molar-refractivity contribution in [3.05, 3.63) is 24.3 Å². The first kappa shape index (κ1) is 15.8. The molecule has 0 saturated heterocycles. The smallest absolute Gasteiger partial charge is 0.306 e. The van der Waals surface area contributed by atoms with Crippen molar-refractivity contribution in [1.29, 1.82) is 5.26 Å². The molecule has 0 unspecified atom stereocenters. The van der Waals surface area contributed by atoms with Crippen LogP contribution in [0.2, 0.25) is 0 Å². The predicted molar refractivity (Wildman–Crippen MR) is 71.6 cm³/mol. The van der Waals surface area contributed by atoms with Gasteiger partial charge in [-0.05, 0) is 12.1 Å². The molecule has 7 nitrogen and oxygen atoms in total. The molecule has 0 bridgehead atoms. The van der Waals surface area contributed by atoms with E-state index in [-0.39, 0.29) is 24.5 Å². The minimum absolute atomic E-state index is 0.194. The molecule has 0 atom stereocenters. The van der Waals surface area contributed by atoms with Crippen LogP contribution in [0.3, 0.4) is 0 Å². The van der Waals surface area contributed by atoms with Gasteiger partial charge in [-0.15, -0.1) is 0 Å². The number of ether oxygens (including phenoxy) is 2. The molecule has 8 heteroatoms. The lowest BCUT2D eigenvalue weighted by Gasteiger charge is -2.11. The van der Waals surface area contributed by atoms with Crippen molar-refractivity contribution < 1.29 is 22.7 Å². The Morgan fingerprint density at radius 3 is 2.75 bits per heavy atom. The van der Waals surface area contributed by atoms with Gasteiger partial charge in [-0.25, -0.2) is 8.42 Å². The number of rotatable bonds is 7. The Morgan fingerprint density at radius 1 is 1.40 bits per heavy atom. The molecule has 1 aromatic rings. The highest BCUT2D eigenvalue weighted by Gasteiger charge is 2.15. The largest absolute Gasteiger partial charge is 0.477 e. The molecular formula is C12H14N2O5S. The molecular weight excluding hydrogens is 284 g/mol. The third-order valence-corrected chi connectivity index (χ3v) is 3.52. The Hall–Kier alpha value is -2.27. The molecule has 0 heterocycles. The summed E-state index contributed by atoms with van der Waals surface area (Å²) in [5.74, 6) is -0.758. The minimum Gasteiger partial charge on any atom is -0.477 e. The number of sulfonamides is 1. The average molecular weight is 298 g/mol. The lowest BCUT2D eigenvalue weighted by molar-refractivity contribution is -0.140. The number of nitrogens with one attached hydrogen (secondary N) is 1. The first-order chi connectivity index (χ1) is 9.48. The number of anilines is 1. The topological polar surface area (TPSA) is 105 Å². The van der Waals surface area contributed by atoms with Crippen LogP contribution in [0, 0.1) is 11.3 Å². The van der Waals surface area contributed by atoms with Gasteiger partial charge in [0.2, 0.25) is 10.0 Å². The minimum atomic E-state index is -3.70. The Morgan fingerprint density at radius 2 is 2.10 bits per heavy atom. The van der Waals surface area contributed by atoms with Gasteiger partial charge in [0.25, 0.3) is 0 Å². The standard InChI is InChI=1S/C12H14N2O5S/c1-18-12(15)6-9-20(16,17)14-10-4-2-3-5-11(10)19-8-7-13/h2-5,14H,6,8-9H2,1H3. The SMILES string of the molecule is COC(=O)CCS(=O)(=O)Nc1ccccc1OCC#N. The summed E-state index contributed by atoms with van der Waals surface area (Å²) in [5.41, 5.74) is 0.215. The number of para-hydroxylation sites is 2. The van der Waals surface area contributed by atoms with Crippen molar-refractivity contribution in [2.75, 3.05) is 24.2 Å². The molecule has 108 valence electrons. The monoisotopic (exact) mass is 298 g/mol. The second kappa shape index (κ2) is 7.35. The van der Waals surface area contributed by atoms with Crippen LogP contribution < -0.4 is 9.46 Å². The highest BCUT2D eigenvalue weighted by molar-refractivity contribution is 7.92. The quantitative estimate of drug-likeness (QED) is 0.749. The molecule has 0 saturated carbocycles. The molecule has 0 aliphatic heterocycles. The lowest BCUT2D eigenvalue weighted by atomic mass is 10.3. The van der Waals surface area contributed by atoms with Crippen LogP contribution in [0.25, 0.3) is 0 Å². The van der Waals surface area contributed by atoms with Crippen LogP contribution in [-0.2, 0) is 19.6 Å². The fraction of sp³-hybridized carbons (Fsp3) is 0.333. The second-order valence-corrected chi connectivity index (χ2v) is 5.53. The lowest BCUT2D eigenvalue weighted by Crippen LogP contribution is -2.20. The van der Waals surface area contributed by atoms with E-state index >= 15 is 0 Å². The van der Waals surface area contributed by atoms with Crippen molar-refractivity contribution in [2.24, 2.45) is 0 Å². The van der Waals surface area contributed by atoms with Gasteiger partial charge >= 0.3 is 5.97 Å². The van der Waals surface area contributed by atoms with Gasteiger partial charge in [0.1, 0.15) is 11.8 Å². The number of methoxy groups -OCH3 is 1. The first-order valence-electron chi connectivity index (χ1n) is 5.64. The molecule has 0 radical (unpaired) electrons. The average Bonchev–Trinajstić information content (AvgIpc) is 2.43. The molecule has 0 aliphatic rings. The summed E-state index contributed by atoms with van der Waals surface area (Å²) >= 11 is 0. The van der Waals surface area contributed by atoms with Crippen LogP contribution >= 0.6 is 0 Å². The maximum atomic E-state index is 11.8. The molecule has 0 spiro atoms. The highest BCUT2D eigenvalue weighted by atomic mass is 32.2. The number of hydrogen-bond donors (Lipinski definition) is 1. The molecule has 0 aromatic heterocycles. The van der Waals surface area contributed by atoms with Gasteiger partial charge in [0.05, 0.1) is 25.0 Å². The van der Waals surface area contributed by atoms with Gasteiger partial charge < -0.3 is 9.47 Å². The summed E-state index contributed by atoms with van der Waals surface area (Å²) in [6.07, 6.45) is -0.243. The van der Waals surface area contributed by atoms with Crippen LogP contribution in [0.4, 0.5) is 5.69 Å².